The highest BCUT2D eigenvalue weighted by molar-refractivity contribution is 9.10. The number of rotatable bonds is 6. The van der Waals surface area contributed by atoms with Crippen LogP contribution in [-0.2, 0) is 19.3 Å². The third-order valence-corrected chi connectivity index (χ3v) is 6.30. The predicted molar refractivity (Wildman–Crippen MR) is 136 cm³/mol. The van der Waals surface area contributed by atoms with Gasteiger partial charge in [-0.2, -0.15) is 5.10 Å². The monoisotopic (exact) mass is 558 g/mol. The smallest absolute Gasteiger partial charge is 0.273 e. The van der Waals surface area contributed by atoms with Crippen molar-refractivity contribution in [2.45, 2.75) is 39.9 Å². The van der Waals surface area contributed by atoms with Crippen molar-refractivity contribution < 1.29 is 9.84 Å². The van der Waals surface area contributed by atoms with Gasteiger partial charge in [0.1, 0.15) is 22.4 Å². The Morgan fingerprint density at radius 1 is 1.20 bits per heavy atom. The summed E-state index contributed by atoms with van der Waals surface area (Å²) in [6.45, 7) is 7.08. The molecule has 0 saturated heterocycles. The Kier molecular flexibility index (Phi) is 6.81. The van der Waals surface area contributed by atoms with Crippen LogP contribution in [0.5, 0.6) is 5.75 Å². The molecular formula is C24H24BrClN6O3. The van der Waals surface area contributed by atoms with Crippen molar-refractivity contribution in [3.8, 4) is 22.8 Å². The number of pyridine rings is 2. The average molecular weight is 560 g/mol. The highest BCUT2D eigenvalue weighted by Crippen LogP contribution is 2.30. The van der Waals surface area contributed by atoms with E-state index in [2.05, 4.69) is 36.0 Å². The third-order valence-electron chi connectivity index (χ3n) is 5.28. The molecule has 0 fully saturated rings. The largest absolute Gasteiger partial charge is 0.486 e. The molecule has 0 aliphatic rings. The molecule has 0 amide bonds. The van der Waals surface area contributed by atoms with Crippen LogP contribution in [0.15, 0.2) is 46.1 Å². The number of aromatic nitrogens is 6. The maximum atomic E-state index is 13.4. The van der Waals surface area contributed by atoms with Gasteiger partial charge in [0, 0.05) is 37.4 Å². The topological polar surface area (TPSA) is 108 Å². The molecule has 0 spiro atoms. The molecule has 4 aromatic rings. The van der Waals surface area contributed by atoms with Crippen molar-refractivity contribution in [1.82, 2.24) is 29.3 Å². The van der Waals surface area contributed by atoms with Crippen LogP contribution in [0, 0.1) is 13.8 Å². The highest BCUT2D eigenvalue weighted by atomic mass is 79.9. The molecule has 0 saturated carbocycles. The molecule has 0 atom stereocenters. The van der Waals surface area contributed by atoms with Crippen LogP contribution in [0.3, 0.4) is 0 Å². The summed E-state index contributed by atoms with van der Waals surface area (Å²) in [5.74, 6) is 0.670. The highest BCUT2D eigenvalue weighted by Gasteiger charge is 2.22. The second-order valence-electron chi connectivity index (χ2n) is 8.68. The first-order valence-corrected chi connectivity index (χ1v) is 11.9. The summed E-state index contributed by atoms with van der Waals surface area (Å²) >= 11 is 9.87. The van der Waals surface area contributed by atoms with Crippen LogP contribution in [0.1, 0.15) is 36.6 Å². The minimum absolute atomic E-state index is 0.221. The van der Waals surface area contributed by atoms with E-state index in [4.69, 9.17) is 16.3 Å². The summed E-state index contributed by atoms with van der Waals surface area (Å²) < 4.78 is 9.28. The Morgan fingerprint density at radius 2 is 1.94 bits per heavy atom. The van der Waals surface area contributed by atoms with E-state index in [1.165, 1.54) is 10.8 Å². The van der Waals surface area contributed by atoms with Crippen LogP contribution < -0.4 is 10.3 Å². The molecule has 4 rings (SSSR count). The van der Waals surface area contributed by atoms with Gasteiger partial charge in [-0.05, 0) is 61.3 Å². The van der Waals surface area contributed by atoms with Gasteiger partial charge in [-0.1, -0.05) is 11.6 Å². The summed E-state index contributed by atoms with van der Waals surface area (Å²) in [6, 6.07) is 5.30. The molecule has 0 unspecified atom stereocenters. The standard InChI is InChI=1S/C24H24BrClN6O3/c1-13-10-28-23(24(3,4)34)29-21(13)17-9-18(16(26)11-27-17)32-14(2)8-19(20(25)22(32)33)35-12-15-6-7-31(5)30-15/h6-11,34H,12H2,1-5H3. The summed E-state index contributed by atoms with van der Waals surface area (Å²) in [5.41, 5.74) is 2.04. The predicted octanol–water partition coefficient (Wildman–Crippen LogP) is 4.26. The van der Waals surface area contributed by atoms with E-state index in [9.17, 15) is 9.90 Å². The van der Waals surface area contributed by atoms with E-state index >= 15 is 0 Å². The van der Waals surface area contributed by atoms with E-state index in [0.717, 1.165) is 11.3 Å². The van der Waals surface area contributed by atoms with Crippen LogP contribution >= 0.6 is 27.5 Å². The minimum Gasteiger partial charge on any atom is -0.486 e. The van der Waals surface area contributed by atoms with Gasteiger partial charge in [-0.3, -0.25) is 19.0 Å². The number of hydrogen-bond donors (Lipinski definition) is 1. The molecule has 11 heteroatoms. The van der Waals surface area contributed by atoms with Crippen LogP contribution in [-0.4, -0.2) is 34.4 Å². The van der Waals surface area contributed by atoms with Crippen molar-refractivity contribution >= 4 is 27.5 Å². The molecule has 0 aliphatic heterocycles. The van der Waals surface area contributed by atoms with E-state index in [1.807, 2.05) is 26.2 Å². The lowest BCUT2D eigenvalue weighted by Crippen LogP contribution is -2.23. The van der Waals surface area contributed by atoms with Gasteiger partial charge in [0.2, 0.25) is 0 Å². The zero-order valence-electron chi connectivity index (χ0n) is 19.9. The van der Waals surface area contributed by atoms with E-state index in [1.54, 1.807) is 43.8 Å². The van der Waals surface area contributed by atoms with Gasteiger partial charge >= 0.3 is 0 Å². The Morgan fingerprint density at radius 3 is 2.60 bits per heavy atom. The van der Waals surface area contributed by atoms with Gasteiger partial charge in [-0.25, -0.2) is 9.97 Å². The fraction of sp³-hybridized carbons (Fsp3) is 0.292. The zero-order valence-corrected chi connectivity index (χ0v) is 22.2. The number of aryl methyl sites for hydroxylation is 3. The van der Waals surface area contributed by atoms with E-state index < -0.39 is 5.60 Å². The third kappa shape index (κ3) is 5.14. The Hall–Kier alpha value is -3.08. The SMILES string of the molecule is Cc1cnc(C(C)(C)O)nc1-c1cc(-n2c(C)cc(OCc3ccn(C)n3)c(Br)c2=O)c(Cl)cn1. The summed E-state index contributed by atoms with van der Waals surface area (Å²) in [6.07, 6.45) is 4.93. The van der Waals surface area contributed by atoms with Crippen molar-refractivity contribution in [1.29, 1.82) is 0 Å². The van der Waals surface area contributed by atoms with Crippen LogP contribution in [0.25, 0.3) is 17.1 Å². The lowest BCUT2D eigenvalue weighted by atomic mass is 10.1. The minimum atomic E-state index is -1.22. The fourth-order valence-corrected chi connectivity index (χ4v) is 4.10. The van der Waals surface area contributed by atoms with Gasteiger partial charge in [0.25, 0.3) is 5.56 Å². The first-order chi connectivity index (χ1) is 16.5. The second-order valence-corrected chi connectivity index (χ2v) is 9.88. The number of nitrogens with zero attached hydrogens (tertiary/aromatic N) is 6. The zero-order chi connectivity index (χ0) is 25.5. The fourth-order valence-electron chi connectivity index (χ4n) is 3.50. The van der Waals surface area contributed by atoms with Crippen molar-refractivity contribution in [2.24, 2.45) is 7.05 Å². The molecule has 0 radical (unpaired) electrons. The van der Waals surface area contributed by atoms with E-state index in [0.29, 0.717) is 33.5 Å². The maximum absolute atomic E-state index is 13.4. The lowest BCUT2D eigenvalue weighted by molar-refractivity contribution is 0.0688. The number of hydrogen-bond acceptors (Lipinski definition) is 7. The van der Waals surface area contributed by atoms with Gasteiger partial charge < -0.3 is 9.84 Å². The molecule has 182 valence electrons. The first-order valence-electron chi connectivity index (χ1n) is 10.7. The number of aliphatic hydroxyl groups is 1. The normalized spacial score (nSPS) is 11.7. The lowest BCUT2D eigenvalue weighted by Gasteiger charge is -2.18. The molecule has 0 aromatic carbocycles. The molecule has 0 bridgehead atoms. The first kappa shape index (κ1) is 25.0. The van der Waals surface area contributed by atoms with Crippen LogP contribution in [0.2, 0.25) is 5.02 Å². The Balaban J connectivity index is 1.76. The Bertz CT molecular complexity index is 1480. The Labute approximate surface area is 215 Å². The van der Waals surface area contributed by atoms with E-state index in [-0.39, 0.29) is 22.5 Å². The quantitative estimate of drug-likeness (QED) is 0.376. The molecule has 35 heavy (non-hydrogen) atoms. The molecule has 1 N–H and O–H groups in total. The molecule has 4 aromatic heterocycles. The summed E-state index contributed by atoms with van der Waals surface area (Å²) in [4.78, 5) is 26.5. The molecular weight excluding hydrogens is 536 g/mol. The maximum Gasteiger partial charge on any atom is 0.273 e. The number of ether oxygens (including phenoxy) is 1. The van der Waals surface area contributed by atoms with Crippen LogP contribution in [0.4, 0.5) is 0 Å². The molecule has 4 heterocycles. The van der Waals surface area contributed by atoms with Crippen molar-refractivity contribution in [3.05, 3.63) is 79.4 Å². The van der Waals surface area contributed by atoms with Gasteiger partial charge in [-0.15, -0.1) is 0 Å². The van der Waals surface area contributed by atoms with Gasteiger partial charge in [0.15, 0.2) is 5.82 Å². The average Bonchev–Trinajstić information content (AvgIpc) is 3.21. The summed E-state index contributed by atoms with van der Waals surface area (Å²) in [7, 11) is 1.83. The molecule has 0 aliphatic carbocycles. The van der Waals surface area contributed by atoms with Crippen molar-refractivity contribution in [3.63, 3.8) is 0 Å². The van der Waals surface area contributed by atoms with Gasteiger partial charge in [0.05, 0.1) is 27.8 Å². The summed E-state index contributed by atoms with van der Waals surface area (Å²) in [5, 5.41) is 14.9. The van der Waals surface area contributed by atoms with Crippen molar-refractivity contribution in [2.75, 3.05) is 0 Å². The number of halogens is 2. The second kappa shape index (κ2) is 9.52. The molecule has 9 nitrogen and oxygen atoms in total.